The van der Waals surface area contributed by atoms with Gasteiger partial charge < -0.3 is 15.0 Å². The summed E-state index contributed by atoms with van der Waals surface area (Å²) in [6, 6.07) is 7.46. The predicted molar refractivity (Wildman–Crippen MR) is 73.7 cm³/mol. The molecule has 1 aromatic rings. The van der Waals surface area contributed by atoms with Gasteiger partial charge in [-0.05, 0) is 31.3 Å². The molecule has 5 heteroatoms. The Kier molecular flexibility index (Phi) is 4.74. The van der Waals surface area contributed by atoms with E-state index in [1.807, 2.05) is 36.2 Å². The zero-order chi connectivity index (χ0) is 13.0. The highest BCUT2D eigenvalue weighted by atomic mass is 79.9. The lowest BCUT2D eigenvalue weighted by Crippen LogP contribution is -2.48. The molecule has 1 aliphatic rings. The summed E-state index contributed by atoms with van der Waals surface area (Å²) in [7, 11) is 1.89. The minimum absolute atomic E-state index is 0.0758. The number of nitrogens with one attached hydrogen (secondary N) is 1. The fourth-order valence-corrected chi connectivity index (χ4v) is 2.29. The van der Waals surface area contributed by atoms with Gasteiger partial charge in [0.2, 0.25) is 0 Å². The number of amides is 1. The van der Waals surface area contributed by atoms with E-state index in [0.717, 1.165) is 16.6 Å². The zero-order valence-electron chi connectivity index (χ0n) is 10.4. The molecule has 0 radical (unpaired) electrons. The number of morpholine rings is 1. The van der Waals surface area contributed by atoms with Crippen molar-refractivity contribution in [3.63, 3.8) is 0 Å². The minimum atomic E-state index is 0.0758. The lowest BCUT2D eigenvalue weighted by Gasteiger charge is -2.33. The van der Waals surface area contributed by atoms with Gasteiger partial charge in [-0.15, -0.1) is 0 Å². The van der Waals surface area contributed by atoms with Gasteiger partial charge >= 0.3 is 0 Å². The number of likely N-dealkylation sites (N-methyl/N-ethyl adjacent to an activating group) is 1. The number of hydrogen-bond acceptors (Lipinski definition) is 3. The average Bonchev–Trinajstić information content (AvgIpc) is 2.39. The number of rotatable bonds is 3. The molecule has 0 aliphatic carbocycles. The van der Waals surface area contributed by atoms with Gasteiger partial charge in [0.25, 0.3) is 5.91 Å². The van der Waals surface area contributed by atoms with Gasteiger partial charge in [0, 0.05) is 29.7 Å². The molecule has 1 saturated heterocycles. The summed E-state index contributed by atoms with van der Waals surface area (Å²) in [4.78, 5) is 14.2. The Labute approximate surface area is 115 Å². The summed E-state index contributed by atoms with van der Waals surface area (Å²) in [5, 5.41) is 3.07. The van der Waals surface area contributed by atoms with Crippen LogP contribution in [0.25, 0.3) is 0 Å². The van der Waals surface area contributed by atoms with Crippen LogP contribution in [-0.2, 0) is 4.74 Å². The van der Waals surface area contributed by atoms with Crippen LogP contribution in [0.4, 0.5) is 0 Å². The van der Waals surface area contributed by atoms with Crippen LogP contribution in [0.2, 0.25) is 0 Å². The maximum absolute atomic E-state index is 12.3. The molecule has 1 aromatic carbocycles. The zero-order valence-corrected chi connectivity index (χ0v) is 11.9. The summed E-state index contributed by atoms with van der Waals surface area (Å²) in [6.07, 6.45) is 0.0862. The lowest BCUT2D eigenvalue weighted by atomic mass is 10.1. The molecule has 0 saturated carbocycles. The van der Waals surface area contributed by atoms with Crippen molar-refractivity contribution >= 4 is 21.8 Å². The van der Waals surface area contributed by atoms with Crippen LogP contribution in [0.5, 0.6) is 0 Å². The van der Waals surface area contributed by atoms with Crippen LogP contribution in [0, 0.1) is 0 Å². The van der Waals surface area contributed by atoms with Crippen molar-refractivity contribution in [2.45, 2.75) is 6.10 Å². The van der Waals surface area contributed by atoms with Gasteiger partial charge in [-0.1, -0.05) is 15.9 Å². The van der Waals surface area contributed by atoms with Gasteiger partial charge in [-0.25, -0.2) is 0 Å². The van der Waals surface area contributed by atoms with Crippen molar-refractivity contribution in [3.05, 3.63) is 34.3 Å². The molecule has 1 unspecified atom stereocenters. The van der Waals surface area contributed by atoms with Gasteiger partial charge in [0.15, 0.2) is 0 Å². The molecule has 18 heavy (non-hydrogen) atoms. The van der Waals surface area contributed by atoms with Crippen molar-refractivity contribution in [2.24, 2.45) is 0 Å². The Morgan fingerprint density at radius 1 is 1.50 bits per heavy atom. The molecular weight excluding hydrogens is 296 g/mol. The van der Waals surface area contributed by atoms with E-state index in [9.17, 15) is 4.79 Å². The quantitative estimate of drug-likeness (QED) is 0.920. The first-order valence-corrected chi connectivity index (χ1v) is 6.81. The van der Waals surface area contributed by atoms with Crippen LogP contribution in [0.3, 0.4) is 0 Å². The number of carbonyl (C=O) groups excluding carboxylic acids is 1. The fraction of sp³-hybridized carbons (Fsp3) is 0.462. The first-order chi connectivity index (χ1) is 8.70. The Bertz CT molecular complexity index is 406. The largest absolute Gasteiger partial charge is 0.373 e. The highest BCUT2D eigenvalue weighted by Crippen LogP contribution is 2.14. The number of carbonyl (C=O) groups is 1. The molecule has 1 heterocycles. The topological polar surface area (TPSA) is 41.6 Å². The van der Waals surface area contributed by atoms with Crippen LogP contribution in [0.1, 0.15) is 10.4 Å². The number of halogens is 1. The van der Waals surface area contributed by atoms with E-state index in [2.05, 4.69) is 21.2 Å². The molecule has 1 atom stereocenters. The third-order valence-corrected chi connectivity index (χ3v) is 3.48. The summed E-state index contributed by atoms with van der Waals surface area (Å²) in [6.45, 7) is 2.68. The summed E-state index contributed by atoms with van der Waals surface area (Å²) < 4.78 is 6.57. The third-order valence-electron chi connectivity index (χ3n) is 2.95. The standard InChI is InChI=1S/C13H17BrN2O2/c1-15-8-12-9-16(6-7-18-12)13(17)10-2-4-11(14)5-3-10/h2-5,12,15H,6-9H2,1H3. The molecule has 1 aliphatic heterocycles. The second-order valence-electron chi connectivity index (χ2n) is 4.31. The Morgan fingerprint density at radius 3 is 2.89 bits per heavy atom. The summed E-state index contributed by atoms with van der Waals surface area (Å²) >= 11 is 3.37. The molecule has 1 N–H and O–H groups in total. The Balaban J connectivity index is 2.02. The predicted octanol–water partition coefficient (Wildman–Crippen LogP) is 1.51. The number of benzene rings is 1. The molecule has 0 spiro atoms. The van der Waals surface area contributed by atoms with Crippen molar-refractivity contribution in [3.8, 4) is 0 Å². The molecule has 1 fully saturated rings. The number of nitrogens with zero attached hydrogens (tertiary/aromatic N) is 1. The SMILES string of the molecule is CNCC1CN(C(=O)c2ccc(Br)cc2)CCO1. The molecule has 2 rings (SSSR count). The highest BCUT2D eigenvalue weighted by Gasteiger charge is 2.24. The first-order valence-electron chi connectivity index (χ1n) is 6.01. The Morgan fingerprint density at radius 2 is 2.22 bits per heavy atom. The number of hydrogen-bond donors (Lipinski definition) is 1. The Hall–Kier alpha value is -0.910. The van der Waals surface area contributed by atoms with E-state index in [1.165, 1.54) is 0 Å². The molecule has 0 bridgehead atoms. The van der Waals surface area contributed by atoms with Gasteiger partial charge in [0.05, 0.1) is 12.7 Å². The normalized spacial score (nSPS) is 19.9. The van der Waals surface area contributed by atoms with Gasteiger partial charge in [0.1, 0.15) is 0 Å². The fourth-order valence-electron chi connectivity index (χ4n) is 2.03. The molecular formula is C13H17BrN2O2. The second-order valence-corrected chi connectivity index (χ2v) is 5.22. The van der Waals surface area contributed by atoms with Crippen molar-refractivity contribution in [2.75, 3.05) is 33.3 Å². The van der Waals surface area contributed by atoms with Crippen LogP contribution in [0.15, 0.2) is 28.7 Å². The van der Waals surface area contributed by atoms with Crippen molar-refractivity contribution < 1.29 is 9.53 Å². The van der Waals surface area contributed by atoms with E-state index in [-0.39, 0.29) is 12.0 Å². The smallest absolute Gasteiger partial charge is 0.254 e. The molecule has 4 nitrogen and oxygen atoms in total. The molecule has 0 aromatic heterocycles. The van der Waals surface area contributed by atoms with Crippen LogP contribution < -0.4 is 5.32 Å². The van der Waals surface area contributed by atoms with E-state index >= 15 is 0 Å². The first kappa shape index (κ1) is 13.5. The highest BCUT2D eigenvalue weighted by molar-refractivity contribution is 9.10. The van der Waals surface area contributed by atoms with Gasteiger partial charge in [-0.2, -0.15) is 0 Å². The third kappa shape index (κ3) is 3.31. The maximum atomic E-state index is 12.3. The number of ether oxygens (including phenoxy) is 1. The van der Waals surface area contributed by atoms with E-state index in [1.54, 1.807) is 0 Å². The van der Waals surface area contributed by atoms with Crippen molar-refractivity contribution in [1.82, 2.24) is 10.2 Å². The van der Waals surface area contributed by atoms with E-state index in [0.29, 0.717) is 19.7 Å². The van der Waals surface area contributed by atoms with E-state index in [4.69, 9.17) is 4.74 Å². The second kappa shape index (κ2) is 6.31. The average molecular weight is 313 g/mol. The van der Waals surface area contributed by atoms with Crippen molar-refractivity contribution in [1.29, 1.82) is 0 Å². The minimum Gasteiger partial charge on any atom is -0.373 e. The summed E-state index contributed by atoms with van der Waals surface area (Å²) in [5.74, 6) is 0.0758. The lowest BCUT2D eigenvalue weighted by molar-refractivity contribution is -0.0196. The van der Waals surface area contributed by atoms with E-state index < -0.39 is 0 Å². The van der Waals surface area contributed by atoms with Gasteiger partial charge in [-0.3, -0.25) is 4.79 Å². The maximum Gasteiger partial charge on any atom is 0.254 e. The monoisotopic (exact) mass is 312 g/mol. The molecule has 98 valence electrons. The summed E-state index contributed by atoms with van der Waals surface area (Å²) in [5.41, 5.74) is 0.725. The van der Waals surface area contributed by atoms with Crippen LogP contribution >= 0.6 is 15.9 Å². The van der Waals surface area contributed by atoms with Crippen LogP contribution in [-0.4, -0.2) is 50.2 Å². The molecule has 1 amide bonds.